The zero-order valence-electron chi connectivity index (χ0n) is 27.0. The van der Waals surface area contributed by atoms with Crippen molar-refractivity contribution in [2.45, 2.75) is 66.2 Å². The van der Waals surface area contributed by atoms with Gasteiger partial charge in [0.25, 0.3) is 0 Å². The van der Waals surface area contributed by atoms with Crippen LogP contribution in [0.1, 0.15) is 55.4 Å². The van der Waals surface area contributed by atoms with Gasteiger partial charge in [0.2, 0.25) is 0 Å². The number of aryl methyl sites for hydroxylation is 1. The third kappa shape index (κ3) is 8.46. The van der Waals surface area contributed by atoms with E-state index in [1.54, 1.807) is 7.11 Å². The topological polar surface area (TPSA) is 69.3 Å². The predicted octanol–water partition coefficient (Wildman–Crippen LogP) is 7.36. The summed E-state index contributed by atoms with van der Waals surface area (Å²) in [5, 5.41) is 4.02. The SMILES string of the molecule is CC.COc1cc(OCc2cccc(-c3cccc(OCC4CCCN(C)C4)c3Cl)c2C)c(C)cc1CNC1COC(=O)C1. The van der Waals surface area contributed by atoms with Crippen molar-refractivity contribution in [1.82, 2.24) is 10.2 Å². The second-order valence-electron chi connectivity index (χ2n) is 11.5. The van der Waals surface area contributed by atoms with Crippen LogP contribution in [0.25, 0.3) is 11.1 Å². The van der Waals surface area contributed by atoms with Gasteiger partial charge in [-0.05, 0) is 74.7 Å². The van der Waals surface area contributed by atoms with E-state index in [0.29, 0.717) is 43.7 Å². The second kappa shape index (κ2) is 16.2. The number of carbonyl (C=O) groups excluding carboxylic acids is 1. The predicted molar refractivity (Wildman–Crippen MR) is 177 cm³/mol. The molecule has 3 aromatic carbocycles. The Morgan fingerprint density at radius 2 is 1.77 bits per heavy atom. The molecule has 5 rings (SSSR count). The number of methoxy groups -OCH3 is 1. The minimum atomic E-state index is -0.162. The summed E-state index contributed by atoms with van der Waals surface area (Å²) in [5.41, 5.74) is 6.23. The lowest BCUT2D eigenvalue weighted by atomic mass is 9.96. The summed E-state index contributed by atoms with van der Waals surface area (Å²) < 4.78 is 23.3. The Balaban J connectivity index is 0.00000216. The molecule has 2 atom stereocenters. The van der Waals surface area contributed by atoms with Crippen molar-refractivity contribution in [1.29, 1.82) is 0 Å². The molecule has 7 nitrogen and oxygen atoms in total. The molecular weight excluding hydrogens is 576 g/mol. The monoisotopic (exact) mass is 622 g/mol. The molecule has 2 unspecified atom stereocenters. The average molecular weight is 623 g/mol. The molecule has 1 N–H and O–H groups in total. The number of esters is 1. The van der Waals surface area contributed by atoms with Gasteiger partial charge in [0.15, 0.2) is 0 Å². The van der Waals surface area contributed by atoms with E-state index in [2.05, 4.69) is 42.4 Å². The average Bonchev–Trinajstić information content (AvgIpc) is 3.45. The Hall–Kier alpha value is -3.26. The minimum Gasteiger partial charge on any atom is -0.496 e. The number of ether oxygens (including phenoxy) is 4. The highest BCUT2D eigenvalue weighted by Gasteiger charge is 2.24. The lowest BCUT2D eigenvalue weighted by Gasteiger charge is -2.29. The summed E-state index contributed by atoms with van der Waals surface area (Å²) in [7, 11) is 3.83. The van der Waals surface area contributed by atoms with Crippen molar-refractivity contribution in [3.63, 3.8) is 0 Å². The summed E-state index contributed by atoms with van der Waals surface area (Å²) >= 11 is 6.92. The fourth-order valence-corrected chi connectivity index (χ4v) is 6.13. The minimum absolute atomic E-state index is 0.0216. The molecule has 2 heterocycles. The van der Waals surface area contributed by atoms with E-state index >= 15 is 0 Å². The van der Waals surface area contributed by atoms with Crippen LogP contribution in [0.3, 0.4) is 0 Å². The maximum absolute atomic E-state index is 11.4. The highest BCUT2D eigenvalue weighted by Crippen LogP contribution is 2.38. The molecule has 44 heavy (non-hydrogen) atoms. The zero-order valence-corrected chi connectivity index (χ0v) is 27.8. The number of hydrogen-bond donors (Lipinski definition) is 1. The van der Waals surface area contributed by atoms with Gasteiger partial charge in [0.05, 0.1) is 31.2 Å². The number of hydrogen-bond acceptors (Lipinski definition) is 7. The van der Waals surface area contributed by atoms with Crippen molar-refractivity contribution in [2.24, 2.45) is 5.92 Å². The van der Waals surface area contributed by atoms with Gasteiger partial charge < -0.3 is 29.2 Å². The van der Waals surface area contributed by atoms with Crippen molar-refractivity contribution < 1.29 is 23.7 Å². The molecule has 3 aromatic rings. The lowest BCUT2D eigenvalue weighted by molar-refractivity contribution is -0.137. The van der Waals surface area contributed by atoms with Gasteiger partial charge in [-0.3, -0.25) is 4.79 Å². The molecule has 2 aliphatic heterocycles. The molecule has 0 aromatic heterocycles. The van der Waals surface area contributed by atoms with Crippen molar-refractivity contribution in [3.05, 3.63) is 75.8 Å². The Morgan fingerprint density at radius 1 is 1.00 bits per heavy atom. The van der Waals surface area contributed by atoms with Gasteiger partial charge in [-0.25, -0.2) is 0 Å². The summed E-state index contributed by atoms with van der Waals surface area (Å²) in [6, 6.07) is 16.3. The van der Waals surface area contributed by atoms with E-state index < -0.39 is 0 Å². The zero-order chi connectivity index (χ0) is 31.6. The highest BCUT2D eigenvalue weighted by atomic mass is 35.5. The molecule has 0 amide bonds. The van der Waals surface area contributed by atoms with Gasteiger partial charge in [-0.1, -0.05) is 55.8 Å². The van der Waals surface area contributed by atoms with E-state index in [4.69, 9.17) is 30.5 Å². The fourth-order valence-electron chi connectivity index (χ4n) is 5.85. The van der Waals surface area contributed by atoms with E-state index in [9.17, 15) is 4.79 Å². The van der Waals surface area contributed by atoms with Crippen molar-refractivity contribution >= 4 is 17.6 Å². The third-order valence-corrected chi connectivity index (χ3v) is 8.69. The first-order chi connectivity index (χ1) is 21.3. The van der Waals surface area contributed by atoms with Gasteiger partial charge in [0.1, 0.15) is 30.5 Å². The quantitative estimate of drug-likeness (QED) is 0.224. The van der Waals surface area contributed by atoms with Crippen LogP contribution in [0, 0.1) is 19.8 Å². The Labute approximate surface area is 267 Å². The number of halogens is 1. The number of likely N-dealkylation sites (tertiary alicyclic amines) is 1. The third-order valence-electron chi connectivity index (χ3n) is 8.30. The Kier molecular flexibility index (Phi) is 12.4. The number of piperidine rings is 1. The second-order valence-corrected chi connectivity index (χ2v) is 11.9. The van der Waals surface area contributed by atoms with Gasteiger partial charge in [-0.15, -0.1) is 0 Å². The molecule has 0 radical (unpaired) electrons. The smallest absolute Gasteiger partial charge is 0.307 e. The molecule has 0 aliphatic carbocycles. The molecule has 238 valence electrons. The largest absolute Gasteiger partial charge is 0.496 e. The summed E-state index contributed by atoms with van der Waals surface area (Å²) in [6.45, 7) is 12.4. The van der Waals surface area contributed by atoms with Crippen LogP contribution in [-0.2, 0) is 22.7 Å². The maximum Gasteiger partial charge on any atom is 0.307 e. The standard InChI is InChI=1S/C34H41ClN2O5.C2H6/c1-22-14-26(17-36-27-15-33(38)42-21-27)32(39-4)16-31(22)41-20-25-9-5-10-28(23(25)2)29-11-6-12-30(34(29)35)40-19-24-8-7-13-37(3)18-24;1-2/h5-6,9-12,14,16,24,27,36H,7-8,13,15,17-21H2,1-4H3;1-2H3. The fraction of sp³-hybridized carbons (Fsp3) is 0.472. The van der Waals surface area contributed by atoms with Gasteiger partial charge >= 0.3 is 5.97 Å². The van der Waals surface area contributed by atoms with E-state index in [-0.39, 0.29) is 12.0 Å². The Morgan fingerprint density at radius 3 is 2.50 bits per heavy atom. The van der Waals surface area contributed by atoms with E-state index in [0.717, 1.165) is 63.7 Å². The number of benzene rings is 3. The molecule has 0 bridgehead atoms. The van der Waals surface area contributed by atoms with Crippen LogP contribution in [0.4, 0.5) is 0 Å². The molecule has 2 aliphatic rings. The molecule has 2 fully saturated rings. The van der Waals surface area contributed by atoms with Crippen molar-refractivity contribution in [3.8, 4) is 28.4 Å². The number of carbonyl (C=O) groups is 1. The number of nitrogens with zero attached hydrogens (tertiary/aromatic N) is 1. The summed E-state index contributed by atoms with van der Waals surface area (Å²) in [5.74, 6) is 2.59. The highest BCUT2D eigenvalue weighted by molar-refractivity contribution is 6.34. The van der Waals surface area contributed by atoms with Crippen LogP contribution in [-0.4, -0.2) is 57.4 Å². The molecule has 0 spiro atoms. The first-order valence-electron chi connectivity index (χ1n) is 15.7. The van der Waals surface area contributed by atoms with Gasteiger partial charge in [0, 0.05) is 36.2 Å². The van der Waals surface area contributed by atoms with Crippen LogP contribution < -0.4 is 19.5 Å². The van der Waals surface area contributed by atoms with Crippen LogP contribution in [0.15, 0.2) is 48.5 Å². The van der Waals surface area contributed by atoms with Crippen molar-refractivity contribution in [2.75, 3.05) is 40.5 Å². The van der Waals surface area contributed by atoms with Crippen LogP contribution in [0.2, 0.25) is 5.02 Å². The molecular formula is C36H47ClN2O5. The van der Waals surface area contributed by atoms with Gasteiger partial charge in [-0.2, -0.15) is 0 Å². The molecule has 2 saturated heterocycles. The normalized spacial score (nSPS) is 18.3. The first kappa shape index (κ1) is 33.6. The van der Waals surface area contributed by atoms with E-state index in [1.807, 2.05) is 51.1 Å². The Bertz CT molecular complexity index is 1410. The first-order valence-corrected chi connectivity index (χ1v) is 16.1. The molecule has 8 heteroatoms. The van der Waals surface area contributed by atoms with E-state index in [1.165, 1.54) is 12.8 Å². The summed E-state index contributed by atoms with van der Waals surface area (Å²) in [4.78, 5) is 13.8. The lowest BCUT2D eigenvalue weighted by Crippen LogP contribution is -2.34. The molecule has 0 saturated carbocycles. The van der Waals surface area contributed by atoms with Crippen LogP contribution >= 0.6 is 11.6 Å². The number of rotatable bonds is 11. The maximum atomic E-state index is 11.4. The number of nitrogens with one attached hydrogen (secondary N) is 1. The summed E-state index contributed by atoms with van der Waals surface area (Å²) in [6.07, 6.45) is 2.78. The van der Waals surface area contributed by atoms with Crippen LogP contribution in [0.5, 0.6) is 17.2 Å². The number of cyclic esters (lactones) is 1.